The Morgan fingerprint density at radius 1 is 1.24 bits per heavy atom. The molecule has 0 unspecified atom stereocenters. The Balaban J connectivity index is 1.70. The lowest BCUT2D eigenvalue weighted by atomic mass is 10.0. The van der Waals surface area contributed by atoms with Gasteiger partial charge in [-0.1, -0.05) is 0 Å². The first-order chi connectivity index (χ1) is 15.4. The van der Waals surface area contributed by atoms with Gasteiger partial charge in [-0.15, -0.1) is 0 Å². The Kier molecular flexibility index (Phi) is 7.37. The van der Waals surface area contributed by atoms with Crippen molar-refractivity contribution < 1.29 is 18.7 Å². The number of benzene rings is 1. The molecule has 7 nitrogen and oxygen atoms in total. The minimum Gasteiger partial charge on any atom is -0.444 e. The largest absolute Gasteiger partial charge is 0.444 e. The molecule has 2 aromatic rings. The standard InChI is InChI=1S/C25H33FN4O3/c1-16-14-29(10-11-30(16)24(32)33-25(4,5)6)15-19-12-20(26)13-22(17(19)2)28-23(31)21-8-7-9-27-18(21)3/h7-9,12-13,16H,10-11,14-15H2,1-6H3,(H,28,31)/t16-/m0/s1. The highest BCUT2D eigenvalue weighted by atomic mass is 19.1. The molecule has 2 heterocycles. The summed E-state index contributed by atoms with van der Waals surface area (Å²) in [6, 6.07) is 6.20. The molecule has 178 valence electrons. The van der Waals surface area contributed by atoms with E-state index >= 15 is 0 Å². The Morgan fingerprint density at radius 2 is 1.97 bits per heavy atom. The summed E-state index contributed by atoms with van der Waals surface area (Å²) >= 11 is 0. The quantitative estimate of drug-likeness (QED) is 0.732. The van der Waals surface area contributed by atoms with Gasteiger partial charge in [0.25, 0.3) is 5.91 Å². The zero-order valence-corrected chi connectivity index (χ0v) is 20.2. The van der Waals surface area contributed by atoms with E-state index in [1.807, 2.05) is 34.6 Å². The molecule has 1 N–H and O–H groups in total. The fraction of sp³-hybridized carbons (Fsp3) is 0.480. The van der Waals surface area contributed by atoms with Crippen molar-refractivity contribution in [2.75, 3.05) is 25.0 Å². The number of aryl methyl sites for hydroxylation is 1. The predicted octanol–water partition coefficient (Wildman–Crippen LogP) is 4.53. The first kappa shape index (κ1) is 24.6. The van der Waals surface area contributed by atoms with Gasteiger partial charge in [-0.3, -0.25) is 14.7 Å². The van der Waals surface area contributed by atoms with Crippen LogP contribution < -0.4 is 5.32 Å². The second-order valence-corrected chi connectivity index (χ2v) is 9.59. The topological polar surface area (TPSA) is 74.8 Å². The number of hydrogen-bond donors (Lipinski definition) is 1. The average Bonchev–Trinajstić information content (AvgIpc) is 2.70. The number of amides is 2. The minimum atomic E-state index is -0.540. The molecule has 0 saturated carbocycles. The molecule has 1 fully saturated rings. The second-order valence-electron chi connectivity index (χ2n) is 9.59. The fourth-order valence-corrected chi connectivity index (χ4v) is 3.95. The van der Waals surface area contributed by atoms with Gasteiger partial charge in [0, 0.05) is 49.8 Å². The van der Waals surface area contributed by atoms with Gasteiger partial charge in [-0.2, -0.15) is 0 Å². The number of aromatic nitrogens is 1. The molecule has 1 aromatic carbocycles. The Bertz CT molecular complexity index is 1030. The van der Waals surface area contributed by atoms with Crippen molar-refractivity contribution in [1.82, 2.24) is 14.8 Å². The number of anilines is 1. The van der Waals surface area contributed by atoms with Crippen molar-refractivity contribution >= 4 is 17.7 Å². The lowest BCUT2D eigenvalue weighted by Gasteiger charge is -2.40. The van der Waals surface area contributed by atoms with E-state index in [1.54, 1.807) is 30.2 Å². The highest BCUT2D eigenvalue weighted by molar-refractivity contribution is 6.05. The first-order valence-electron chi connectivity index (χ1n) is 11.2. The molecular weight excluding hydrogens is 423 g/mol. The Hall–Kier alpha value is -3.00. The molecule has 0 bridgehead atoms. The van der Waals surface area contributed by atoms with Crippen LogP contribution in [0, 0.1) is 19.7 Å². The number of nitrogens with zero attached hydrogens (tertiary/aromatic N) is 3. The van der Waals surface area contributed by atoms with E-state index in [0.717, 1.165) is 11.1 Å². The lowest BCUT2D eigenvalue weighted by Crippen LogP contribution is -2.54. The van der Waals surface area contributed by atoms with Gasteiger partial charge in [0.2, 0.25) is 0 Å². The number of carbonyl (C=O) groups is 2. The molecule has 2 amide bonds. The van der Waals surface area contributed by atoms with Crippen molar-refractivity contribution in [1.29, 1.82) is 0 Å². The predicted molar refractivity (Wildman–Crippen MR) is 126 cm³/mol. The van der Waals surface area contributed by atoms with Crippen molar-refractivity contribution in [3.63, 3.8) is 0 Å². The molecule has 1 aromatic heterocycles. The third-order valence-electron chi connectivity index (χ3n) is 5.71. The monoisotopic (exact) mass is 456 g/mol. The molecule has 0 radical (unpaired) electrons. The molecule has 0 aliphatic carbocycles. The van der Waals surface area contributed by atoms with Crippen LogP contribution in [0.2, 0.25) is 0 Å². The van der Waals surface area contributed by atoms with Crippen molar-refractivity contribution in [3.05, 3.63) is 58.7 Å². The third kappa shape index (κ3) is 6.28. The summed E-state index contributed by atoms with van der Waals surface area (Å²) in [6.07, 6.45) is 1.31. The van der Waals surface area contributed by atoms with Crippen LogP contribution >= 0.6 is 0 Å². The number of halogens is 1. The average molecular weight is 457 g/mol. The van der Waals surface area contributed by atoms with Crippen molar-refractivity contribution in [2.24, 2.45) is 0 Å². The lowest BCUT2D eigenvalue weighted by molar-refractivity contribution is 0.000530. The molecule has 3 rings (SSSR count). The van der Waals surface area contributed by atoms with Gasteiger partial charge in [-0.05, 0) is 76.9 Å². The molecule has 1 atom stereocenters. The maximum absolute atomic E-state index is 14.4. The normalized spacial score (nSPS) is 17.1. The van der Waals surface area contributed by atoms with Crippen LogP contribution in [0.4, 0.5) is 14.9 Å². The summed E-state index contributed by atoms with van der Waals surface area (Å²) in [5.41, 5.74) is 2.58. The molecule has 1 saturated heterocycles. The van der Waals surface area contributed by atoms with Gasteiger partial charge in [-0.25, -0.2) is 9.18 Å². The minimum absolute atomic E-state index is 0.0322. The fourth-order valence-electron chi connectivity index (χ4n) is 3.95. The van der Waals surface area contributed by atoms with Crippen molar-refractivity contribution in [3.8, 4) is 0 Å². The van der Waals surface area contributed by atoms with E-state index in [2.05, 4.69) is 15.2 Å². The number of rotatable bonds is 4. The highest BCUT2D eigenvalue weighted by Crippen LogP contribution is 2.25. The van der Waals surface area contributed by atoms with Crippen molar-refractivity contribution in [2.45, 2.75) is 59.7 Å². The molecule has 8 heteroatoms. The third-order valence-corrected chi connectivity index (χ3v) is 5.71. The van der Waals surface area contributed by atoms with Gasteiger partial charge in [0.05, 0.1) is 5.56 Å². The van der Waals surface area contributed by atoms with Gasteiger partial charge in [0.15, 0.2) is 0 Å². The molecule has 1 aliphatic rings. The maximum atomic E-state index is 14.4. The summed E-state index contributed by atoms with van der Waals surface area (Å²) in [5, 5.41) is 2.83. The molecule has 0 spiro atoms. The highest BCUT2D eigenvalue weighted by Gasteiger charge is 2.31. The van der Waals surface area contributed by atoms with E-state index < -0.39 is 11.4 Å². The number of hydrogen-bond acceptors (Lipinski definition) is 5. The summed E-state index contributed by atoms with van der Waals surface area (Å²) in [5.74, 6) is -0.728. The van der Waals surface area contributed by atoms with Gasteiger partial charge in [0.1, 0.15) is 11.4 Å². The van der Waals surface area contributed by atoms with Crippen LogP contribution in [0.25, 0.3) is 0 Å². The van der Waals surface area contributed by atoms with Crippen LogP contribution in [0.5, 0.6) is 0 Å². The number of carbonyl (C=O) groups excluding carboxylic acids is 2. The molecule has 33 heavy (non-hydrogen) atoms. The Labute approximate surface area is 194 Å². The van der Waals surface area contributed by atoms with Crippen LogP contribution in [-0.4, -0.2) is 58.1 Å². The maximum Gasteiger partial charge on any atom is 0.410 e. The van der Waals surface area contributed by atoms with E-state index in [4.69, 9.17) is 4.74 Å². The van der Waals surface area contributed by atoms with E-state index in [0.29, 0.717) is 43.1 Å². The first-order valence-corrected chi connectivity index (χ1v) is 11.2. The van der Waals surface area contributed by atoms with Crippen LogP contribution in [0.15, 0.2) is 30.5 Å². The van der Waals surface area contributed by atoms with E-state index in [-0.39, 0.29) is 18.0 Å². The summed E-state index contributed by atoms with van der Waals surface area (Å²) < 4.78 is 20.0. The Morgan fingerprint density at radius 3 is 2.61 bits per heavy atom. The van der Waals surface area contributed by atoms with Crippen LogP contribution in [0.3, 0.4) is 0 Å². The number of pyridine rings is 1. The number of nitrogens with one attached hydrogen (secondary N) is 1. The zero-order valence-electron chi connectivity index (χ0n) is 20.2. The van der Waals surface area contributed by atoms with Gasteiger partial charge < -0.3 is 15.0 Å². The van der Waals surface area contributed by atoms with E-state index in [1.165, 1.54) is 12.1 Å². The summed E-state index contributed by atoms with van der Waals surface area (Å²) in [6.45, 7) is 13.5. The second kappa shape index (κ2) is 9.87. The van der Waals surface area contributed by atoms with Crippen LogP contribution in [-0.2, 0) is 11.3 Å². The molecular formula is C25H33FN4O3. The smallest absolute Gasteiger partial charge is 0.410 e. The SMILES string of the molecule is Cc1ncccc1C(=O)Nc1cc(F)cc(CN2CCN(C(=O)OC(C)(C)C)[C@@H](C)C2)c1C. The number of piperazine rings is 1. The molecule has 1 aliphatic heterocycles. The van der Waals surface area contributed by atoms with Gasteiger partial charge >= 0.3 is 6.09 Å². The van der Waals surface area contributed by atoms with E-state index in [9.17, 15) is 14.0 Å². The zero-order chi connectivity index (χ0) is 24.3. The number of ether oxygens (including phenoxy) is 1. The summed E-state index contributed by atoms with van der Waals surface area (Å²) in [7, 11) is 0. The summed E-state index contributed by atoms with van der Waals surface area (Å²) in [4.78, 5) is 33.2. The van der Waals surface area contributed by atoms with Crippen LogP contribution in [0.1, 0.15) is 54.9 Å².